The molecule has 1 aliphatic rings. The van der Waals surface area contributed by atoms with Crippen LogP contribution in [0.3, 0.4) is 0 Å². The van der Waals surface area contributed by atoms with Crippen molar-refractivity contribution in [3.8, 4) is 0 Å². The lowest BCUT2D eigenvalue weighted by molar-refractivity contribution is 0.185. The number of hydrogen-bond acceptors (Lipinski definition) is 2. The van der Waals surface area contributed by atoms with Crippen molar-refractivity contribution in [3.63, 3.8) is 0 Å². The van der Waals surface area contributed by atoms with Crippen LogP contribution < -0.4 is 5.73 Å². The van der Waals surface area contributed by atoms with Gasteiger partial charge < -0.3 is 10.6 Å². The molecule has 0 aromatic carbocycles. The fourth-order valence-corrected chi connectivity index (χ4v) is 2.64. The van der Waals surface area contributed by atoms with Crippen molar-refractivity contribution in [3.05, 3.63) is 0 Å². The molecule has 0 amide bonds. The van der Waals surface area contributed by atoms with Crippen molar-refractivity contribution in [2.75, 3.05) is 20.1 Å². The minimum atomic E-state index is 0.113. The first-order chi connectivity index (χ1) is 6.52. The number of nitrogens with two attached hydrogens (primary N) is 1. The lowest BCUT2D eigenvalue weighted by Crippen LogP contribution is -2.51. The average Bonchev–Trinajstić information content (AvgIpc) is 2.02. The first kappa shape index (κ1) is 12.0. The van der Waals surface area contributed by atoms with Gasteiger partial charge in [-0.1, -0.05) is 33.1 Å². The molecular weight excluding hydrogens is 172 g/mol. The van der Waals surface area contributed by atoms with E-state index in [1.165, 1.54) is 38.6 Å². The number of likely N-dealkylation sites (N-methyl/N-ethyl adjacent to an activating group) is 1. The zero-order chi connectivity index (χ0) is 10.6. The molecule has 1 fully saturated rings. The van der Waals surface area contributed by atoms with E-state index < -0.39 is 0 Å². The van der Waals surface area contributed by atoms with Crippen LogP contribution in [-0.4, -0.2) is 30.6 Å². The summed E-state index contributed by atoms with van der Waals surface area (Å²) in [5.74, 6) is 0.743. The smallest absolute Gasteiger partial charge is 0.0283 e. The fourth-order valence-electron chi connectivity index (χ4n) is 2.64. The highest BCUT2D eigenvalue weighted by molar-refractivity contribution is 4.89. The number of rotatable bonds is 4. The summed E-state index contributed by atoms with van der Waals surface area (Å²) in [4.78, 5) is 2.40. The topological polar surface area (TPSA) is 29.3 Å². The summed E-state index contributed by atoms with van der Waals surface area (Å²) in [6.07, 6.45) is 6.47. The van der Waals surface area contributed by atoms with Gasteiger partial charge in [-0.3, -0.25) is 0 Å². The zero-order valence-electron chi connectivity index (χ0n) is 10.1. The zero-order valence-corrected chi connectivity index (χ0v) is 10.1. The summed E-state index contributed by atoms with van der Waals surface area (Å²) in [5.41, 5.74) is 6.51. The van der Waals surface area contributed by atoms with Gasteiger partial charge in [-0.25, -0.2) is 0 Å². The summed E-state index contributed by atoms with van der Waals surface area (Å²) in [7, 11) is 2.20. The summed E-state index contributed by atoms with van der Waals surface area (Å²) in [6, 6.07) is 0. The molecule has 0 atom stereocenters. The molecule has 84 valence electrons. The molecule has 2 N–H and O–H groups in total. The Kier molecular flexibility index (Phi) is 4.39. The van der Waals surface area contributed by atoms with Crippen molar-refractivity contribution < 1.29 is 0 Å². The minimum absolute atomic E-state index is 0.113. The van der Waals surface area contributed by atoms with E-state index >= 15 is 0 Å². The minimum Gasteiger partial charge on any atom is -0.324 e. The molecule has 14 heavy (non-hydrogen) atoms. The van der Waals surface area contributed by atoms with E-state index in [0.717, 1.165) is 12.5 Å². The quantitative estimate of drug-likeness (QED) is 0.750. The third-order valence-corrected chi connectivity index (χ3v) is 3.11. The van der Waals surface area contributed by atoms with Gasteiger partial charge >= 0.3 is 0 Å². The number of nitrogens with zero attached hydrogens (tertiary/aromatic N) is 1. The van der Waals surface area contributed by atoms with Crippen molar-refractivity contribution in [2.45, 2.75) is 51.5 Å². The van der Waals surface area contributed by atoms with E-state index in [1.54, 1.807) is 0 Å². The van der Waals surface area contributed by atoms with E-state index in [2.05, 4.69) is 25.8 Å². The molecule has 1 aliphatic carbocycles. The summed E-state index contributed by atoms with van der Waals surface area (Å²) < 4.78 is 0. The van der Waals surface area contributed by atoms with Gasteiger partial charge in [0.25, 0.3) is 0 Å². The Balaban J connectivity index is 2.33. The fraction of sp³-hybridized carbons (Fsp3) is 1.00. The molecule has 1 saturated carbocycles. The molecule has 0 aromatic rings. The summed E-state index contributed by atoms with van der Waals surface area (Å²) in [6.45, 7) is 6.77. The van der Waals surface area contributed by atoms with E-state index in [4.69, 9.17) is 5.73 Å². The Morgan fingerprint density at radius 3 is 2.29 bits per heavy atom. The molecule has 2 heteroatoms. The third-order valence-electron chi connectivity index (χ3n) is 3.11. The van der Waals surface area contributed by atoms with Crippen LogP contribution in [0.25, 0.3) is 0 Å². The van der Waals surface area contributed by atoms with Crippen LogP contribution in [0.1, 0.15) is 46.0 Å². The van der Waals surface area contributed by atoms with Crippen molar-refractivity contribution in [1.29, 1.82) is 0 Å². The highest BCUT2D eigenvalue weighted by Crippen LogP contribution is 2.26. The lowest BCUT2D eigenvalue weighted by atomic mass is 9.82. The molecule has 2 nitrogen and oxygen atoms in total. The van der Waals surface area contributed by atoms with Gasteiger partial charge in [0.2, 0.25) is 0 Å². The van der Waals surface area contributed by atoms with E-state index in [0.29, 0.717) is 0 Å². The van der Waals surface area contributed by atoms with Crippen LogP contribution in [0.5, 0.6) is 0 Å². The molecule has 0 unspecified atom stereocenters. The molecule has 0 aliphatic heterocycles. The van der Waals surface area contributed by atoms with Crippen LogP contribution >= 0.6 is 0 Å². The van der Waals surface area contributed by atoms with Crippen molar-refractivity contribution in [2.24, 2.45) is 11.7 Å². The van der Waals surface area contributed by atoms with Crippen LogP contribution in [0.4, 0.5) is 0 Å². The van der Waals surface area contributed by atoms with Crippen LogP contribution in [0, 0.1) is 5.92 Å². The van der Waals surface area contributed by atoms with Gasteiger partial charge in [-0.15, -0.1) is 0 Å². The lowest BCUT2D eigenvalue weighted by Gasteiger charge is -2.37. The molecule has 1 rings (SSSR count). The van der Waals surface area contributed by atoms with Crippen molar-refractivity contribution in [1.82, 2.24) is 4.90 Å². The van der Waals surface area contributed by atoms with Gasteiger partial charge in [0, 0.05) is 18.6 Å². The van der Waals surface area contributed by atoms with Crippen LogP contribution in [0.2, 0.25) is 0 Å². The largest absolute Gasteiger partial charge is 0.324 e. The maximum Gasteiger partial charge on any atom is 0.0283 e. The standard InChI is InChI=1S/C12H26N2/c1-11(2)9-14(3)10-12(13)7-5-4-6-8-12/h11H,4-10,13H2,1-3H3. The Labute approximate surface area is 88.8 Å². The van der Waals surface area contributed by atoms with Gasteiger partial charge in [0.1, 0.15) is 0 Å². The van der Waals surface area contributed by atoms with Crippen LogP contribution in [0.15, 0.2) is 0 Å². The second-order valence-electron chi connectivity index (χ2n) is 5.51. The van der Waals surface area contributed by atoms with E-state index in [1.807, 2.05) is 0 Å². The Hall–Kier alpha value is -0.0800. The second kappa shape index (κ2) is 5.13. The number of hydrogen-bond donors (Lipinski definition) is 1. The third kappa shape index (κ3) is 3.97. The Morgan fingerprint density at radius 1 is 1.21 bits per heavy atom. The Morgan fingerprint density at radius 2 is 1.79 bits per heavy atom. The second-order valence-corrected chi connectivity index (χ2v) is 5.51. The van der Waals surface area contributed by atoms with Gasteiger partial charge in [0.15, 0.2) is 0 Å². The van der Waals surface area contributed by atoms with Crippen LogP contribution in [-0.2, 0) is 0 Å². The van der Waals surface area contributed by atoms with Gasteiger partial charge in [-0.05, 0) is 25.8 Å². The molecule has 0 heterocycles. The molecule has 0 radical (unpaired) electrons. The van der Waals surface area contributed by atoms with E-state index in [9.17, 15) is 0 Å². The van der Waals surface area contributed by atoms with Gasteiger partial charge in [-0.2, -0.15) is 0 Å². The Bertz CT molecular complexity index is 160. The van der Waals surface area contributed by atoms with E-state index in [-0.39, 0.29) is 5.54 Å². The first-order valence-electron chi connectivity index (χ1n) is 5.99. The summed E-state index contributed by atoms with van der Waals surface area (Å²) in [5, 5.41) is 0. The monoisotopic (exact) mass is 198 g/mol. The molecular formula is C12H26N2. The SMILES string of the molecule is CC(C)CN(C)CC1(N)CCCCC1. The van der Waals surface area contributed by atoms with Crippen molar-refractivity contribution >= 4 is 0 Å². The molecule has 0 aromatic heterocycles. The van der Waals surface area contributed by atoms with Gasteiger partial charge in [0.05, 0.1) is 0 Å². The summed E-state index contributed by atoms with van der Waals surface area (Å²) >= 11 is 0. The highest BCUT2D eigenvalue weighted by atomic mass is 15.1. The predicted octanol–water partition coefficient (Wildman–Crippen LogP) is 2.24. The highest BCUT2D eigenvalue weighted by Gasteiger charge is 2.28. The average molecular weight is 198 g/mol. The first-order valence-corrected chi connectivity index (χ1v) is 5.99. The maximum absolute atomic E-state index is 6.39. The normalized spacial score (nSPS) is 21.9. The maximum atomic E-state index is 6.39. The molecule has 0 saturated heterocycles. The molecule has 0 bridgehead atoms. The molecule has 0 spiro atoms. The predicted molar refractivity (Wildman–Crippen MR) is 62.3 cm³/mol.